The van der Waals surface area contributed by atoms with Crippen LogP contribution in [0, 0.1) is 18.3 Å². The lowest BCUT2D eigenvalue weighted by molar-refractivity contribution is -0.117. The first-order valence-corrected chi connectivity index (χ1v) is 10.5. The number of aromatic nitrogens is 1. The van der Waals surface area contributed by atoms with E-state index in [1.165, 1.54) is 24.3 Å². The van der Waals surface area contributed by atoms with E-state index in [2.05, 4.69) is 10.3 Å². The highest BCUT2D eigenvalue weighted by atomic mass is 32.2. The predicted octanol–water partition coefficient (Wildman–Crippen LogP) is 2.21. The second-order valence-electron chi connectivity index (χ2n) is 5.85. The topological polar surface area (TPSA) is 129 Å². The summed E-state index contributed by atoms with van der Waals surface area (Å²) in [5.74, 6) is -1.01. The molecule has 0 spiro atoms. The summed E-state index contributed by atoms with van der Waals surface area (Å²) in [6.45, 7) is 4.58. The molecule has 0 aliphatic carbocycles. The number of hydrogen-bond donors (Lipinski definition) is 2. The van der Waals surface area contributed by atoms with Crippen LogP contribution in [0.3, 0.4) is 0 Å². The van der Waals surface area contributed by atoms with E-state index in [4.69, 9.17) is 5.26 Å². The molecule has 2 N–H and O–H groups in total. The number of thioether (sulfide) groups is 1. The lowest BCUT2D eigenvalue weighted by atomic mass is 10.3. The Balaban J connectivity index is 2.08. The van der Waals surface area contributed by atoms with Crippen molar-refractivity contribution in [2.24, 2.45) is 0 Å². The Bertz CT molecular complexity index is 1040. The standard InChI is InChI=1S/C18H18N4O4S2/c1-11-4-5-14(10-19)18(20-11)27-12(2)17(24)21-15-6-8-16(9-7-15)28(25,26)22-13(3)23/h4-9,12H,1-3H3,(H,21,24)(H,22,23). The fourth-order valence-corrected chi connectivity index (χ4v) is 4.07. The van der Waals surface area contributed by atoms with E-state index < -0.39 is 21.2 Å². The Hall–Kier alpha value is -2.90. The van der Waals surface area contributed by atoms with Gasteiger partial charge in [0.1, 0.15) is 11.1 Å². The van der Waals surface area contributed by atoms with Crippen molar-refractivity contribution in [1.29, 1.82) is 5.26 Å². The van der Waals surface area contributed by atoms with Crippen LogP contribution in [-0.2, 0) is 19.6 Å². The highest BCUT2D eigenvalue weighted by Crippen LogP contribution is 2.26. The Kier molecular flexibility index (Phi) is 6.77. The van der Waals surface area contributed by atoms with Crippen molar-refractivity contribution in [3.63, 3.8) is 0 Å². The molecule has 146 valence electrons. The van der Waals surface area contributed by atoms with E-state index in [-0.39, 0.29) is 10.8 Å². The number of anilines is 1. The van der Waals surface area contributed by atoms with E-state index in [1.54, 1.807) is 26.0 Å². The maximum Gasteiger partial charge on any atom is 0.264 e. The number of aryl methyl sites for hydroxylation is 1. The highest BCUT2D eigenvalue weighted by molar-refractivity contribution is 8.00. The zero-order valence-corrected chi connectivity index (χ0v) is 17.0. The minimum Gasteiger partial charge on any atom is -0.325 e. The number of sulfonamides is 1. The predicted molar refractivity (Wildman–Crippen MR) is 105 cm³/mol. The average Bonchev–Trinajstić information content (AvgIpc) is 2.61. The minimum absolute atomic E-state index is 0.0919. The van der Waals surface area contributed by atoms with E-state index in [0.717, 1.165) is 24.4 Å². The van der Waals surface area contributed by atoms with E-state index in [0.29, 0.717) is 16.3 Å². The molecule has 0 aliphatic rings. The summed E-state index contributed by atoms with van der Waals surface area (Å²) in [7, 11) is -3.93. The lowest BCUT2D eigenvalue weighted by Gasteiger charge is -2.13. The summed E-state index contributed by atoms with van der Waals surface area (Å²) < 4.78 is 25.7. The average molecular weight is 419 g/mol. The third-order valence-corrected chi connectivity index (χ3v) is 6.04. The molecule has 8 nitrogen and oxygen atoms in total. The van der Waals surface area contributed by atoms with Crippen molar-refractivity contribution in [2.75, 3.05) is 5.32 Å². The van der Waals surface area contributed by atoms with Gasteiger partial charge in [0, 0.05) is 18.3 Å². The van der Waals surface area contributed by atoms with Crippen LogP contribution in [0.4, 0.5) is 5.69 Å². The van der Waals surface area contributed by atoms with E-state index >= 15 is 0 Å². The molecule has 2 aromatic rings. The first-order valence-electron chi connectivity index (χ1n) is 8.11. The number of pyridine rings is 1. The summed E-state index contributed by atoms with van der Waals surface area (Å²) >= 11 is 1.16. The van der Waals surface area contributed by atoms with Gasteiger partial charge < -0.3 is 5.32 Å². The SMILES string of the molecule is CC(=O)NS(=O)(=O)c1ccc(NC(=O)C(C)Sc2nc(C)ccc2C#N)cc1. The van der Waals surface area contributed by atoms with Crippen molar-refractivity contribution < 1.29 is 18.0 Å². The third-order valence-electron chi connectivity index (χ3n) is 3.49. The summed E-state index contributed by atoms with van der Waals surface area (Å²) in [6.07, 6.45) is 0. The fraction of sp³-hybridized carbons (Fsp3) is 0.222. The van der Waals surface area contributed by atoms with E-state index in [9.17, 15) is 18.0 Å². The highest BCUT2D eigenvalue weighted by Gasteiger charge is 2.19. The molecule has 0 radical (unpaired) electrons. The largest absolute Gasteiger partial charge is 0.325 e. The number of rotatable bonds is 6. The smallest absolute Gasteiger partial charge is 0.264 e. The summed E-state index contributed by atoms with van der Waals surface area (Å²) in [4.78, 5) is 27.6. The molecule has 1 aromatic carbocycles. The Morgan fingerprint density at radius 2 is 1.82 bits per heavy atom. The van der Waals surface area contributed by atoms with Crippen molar-refractivity contribution >= 4 is 39.3 Å². The number of hydrogen-bond acceptors (Lipinski definition) is 7. The number of carbonyl (C=O) groups is 2. The molecule has 1 unspecified atom stereocenters. The number of nitrogens with zero attached hydrogens (tertiary/aromatic N) is 2. The number of carbonyl (C=O) groups excluding carboxylic acids is 2. The molecule has 0 saturated heterocycles. The van der Waals surface area contributed by atoms with Crippen LogP contribution in [0.15, 0.2) is 46.3 Å². The maximum absolute atomic E-state index is 12.4. The maximum atomic E-state index is 12.4. The number of nitriles is 1. The van der Waals surface area contributed by atoms with Crippen LogP contribution in [-0.4, -0.2) is 30.5 Å². The summed E-state index contributed by atoms with van der Waals surface area (Å²) in [6, 6.07) is 10.9. The molecule has 0 bridgehead atoms. The number of benzene rings is 1. The van der Waals surface area contributed by atoms with Gasteiger partial charge in [-0.3, -0.25) is 9.59 Å². The van der Waals surface area contributed by atoms with Gasteiger partial charge in [-0.15, -0.1) is 0 Å². The van der Waals surface area contributed by atoms with Crippen molar-refractivity contribution in [2.45, 2.75) is 35.9 Å². The van der Waals surface area contributed by atoms with Crippen LogP contribution >= 0.6 is 11.8 Å². The van der Waals surface area contributed by atoms with E-state index in [1.807, 2.05) is 10.8 Å². The molecule has 0 fully saturated rings. The monoisotopic (exact) mass is 418 g/mol. The van der Waals surface area contributed by atoms with Gasteiger partial charge in [0.25, 0.3) is 10.0 Å². The number of nitrogens with one attached hydrogen (secondary N) is 2. The fourth-order valence-electron chi connectivity index (χ4n) is 2.14. The number of amides is 2. The quantitative estimate of drug-likeness (QED) is 0.688. The van der Waals surface area contributed by atoms with Crippen LogP contribution in [0.1, 0.15) is 25.1 Å². The third kappa shape index (κ3) is 5.55. The Morgan fingerprint density at radius 1 is 1.18 bits per heavy atom. The van der Waals surface area contributed by atoms with Gasteiger partial charge in [-0.2, -0.15) is 5.26 Å². The summed E-state index contributed by atoms with van der Waals surface area (Å²) in [5, 5.41) is 11.8. The van der Waals surface area contributed by atoms with Crippen LogP contribution < -0.4 is 10.0 Å². The molecule has 1 aromatic heterocycles. The van der Waals surface area contributed by atoms with Gasteiger partial charge in [0.05, 0.1) is 15.7 Å². The zero-order chi connectivity index (χ0) is 20.9. The van der Waals surface area contributed by atoms with Crippen LogP contribution in [0.5, 0.6) is 0 Å². The van der Waals surface area contributed by atoms with Crippen molar-refractivity contribution in [3.05, 3.63) is 47.7 Å². The molecule has 1 heterocycles. The zero-order valence-electron chi connectivity index (χ0n) is 15.4. The normalized spacial score (nSPS) is 11.9. The molecule has 2 rings (SSSR count). The molecular formula is C18H18N4O4S2. The van der Waals surface area contributed by atoms with Crippen LogP contribution in [0.25, 0.3) is 0 Å². The Labute approximate surface area is 167 Å². The van der Waals surface area contributed by atoms with Gasteiger partial charge in [-0.1, -0.05) is 11.8 Å². The Morgan fingerprint density at radius 3 is 2.39 bits per heavy atom. The van der Waals surface area contributed by atoms with Gasteiger partial charge in [0.15, 0.2) is 0 Å². The summed E-state index contributed by atoms with van der Waals surface area (Å²) in [5.41, 5.74) is 1.53. The van der Waals surface area contributed by atoms with Gasteiger partial charge >= 0.3 is 0 Å². The van der Waals surface area contributed by atoms with Gasteiger partial charge in [-0.05, 0) is 50.2 Å². The molecule has 0 saturated carbocycles. The van der Waals surface area contributed by atoms with Gasteiger partial charge in [0.2, 0.25) is 11.8 Å². The minimum atomic E-state index is -3.93. The van der Waals surface area contributed by atoms with Crippen molar-refractivity contribution in [3.8, 4) is 6.07 Å². The molecule has 28 heavy (non-hydrogen) atoms. The second-order valence-corrected chi connectivity index (χ2v) is 8.86. The van der Waals surface area contributed by atoms with Gasteiger partial charge in [-0.25, -0.2) is 18.1 Å². The first-order chi connectivity index (χ1) is 13.1. The van der Waals surface area contributed by atoms with Crippen molar-refractivity contribution in [1.82, 2.24) is 9.71 Å². The molecule has 2 amide bonds. The lowest BCUT2D eigenvalue weighted by Crippen LogP contribution is -2.28. The molecule has 0 aliphatic heterocycles. The van der Waals surface area contributed by atoms with Crippen LogP contribution in [0.2, 0.25) is 0 Å². The molecular weight excluding hydrogens is 400 g/mol. The first kappa shape index (κ1) is 21.4. The molecule has 1 atom stereocenters. The molecule has 10 heteroatoms. The second kappa shape index (κ2) is 8.86.